The first-order valence-corrected chi connectivity index (χ1v) is 8.70. The minimum absolute atomic E-state index is 0.162. The molecule has 2 amide bonds. The van der Waals surface area contributed by atoms with Crippen LogP contribution in [0, 0.1) is 0 Å². The van der Waals surface area contributed by atoms with E-state index in [-0.39, 0.29) is 17.9 Å². The normalized spacial score (nSPS) is 13.6. The zero-order valence-electron chi connectivity index (χ0n) is 14.4. The minimum atomic E-state index is -0.287. The number of nitrogens with one attached hydrogen (secondary N) is 2. The van der Waals surface area contributed by atoms with Crippen LogP contribution in [0.5, 0.6) is 0 Å². The van der Waals surface area contributed by atoms with Crippen molar-refractivity contribution < 1.29 is 9.59 Å². The standard InChI is InChI=1S/C19H19N5O2/c1-2-24-17-10-7-12(11-16(17)22-23-24)18(25)21-15-6-4-3-5-14(15)19(26)20-13-8-9-13/h3-7,10-11,13H,2,8-9H2,1H3,(H,20,26)(H,21,25). The van der Waals surface area contributed by atoms with Gasteiger partial charge in [-0.25, -0.2) is 4.68 Å². The molecule has 0 atom stereocenters. The second kappa shape index (κ2) is 6.59. The molecule has 1 saturated carbocycles. The average Bonchev–Trinajstić information content (AvgIpc) is 3.37. The molecule has 7 heteroatoms. The van der Waals surface area contributed by atoms with Gasteiger partial charge in [-0.15, -0.1) is 5.10 Å². The Morgan fingerprint density at radius 3 is 2.73 bits per heavy atom. The molecule has 26 heavy (non-hydrogen) atoms. The van der Waals surface area contributed by atoms with E-state index in [1.54, 1.807) is 41.1 Å². The van der Waals surface area contributed by atoms with Crippen LogP contribution in [0.1, 0.15) is 40.5 Å². The summed E-state index contributed by atoms with van der Waals surface area (Å²) in [6, 6.07) is 12.5. The molecule has 132 valence electrons. The van der Waals surface area contributed by atoms with Gasteiger partial charge in [0.25, 0.3) is 11.8 Å². The number of rotatable bonds is 5. The van der Waals surface area contributed by atoms with Gasteiger partial charge in [-0.2, -0.15) is 0 Å². The van der Waals surface area contributed by atoms with Gasteiger partial charge < -0.3 is 10.6 Å². The zero-order valence-corrected chi connectivity index (χ0v) is 14.4. The number of benzene rings is 2. The van der Waals surface area contributed by atoms with Gasteiger partial charge in [-0.1, -0.05) is 17.3 Å². The van der Waals surface area contributed by atoms with E-state index in [0.29, 0.717) is 28.9 Å². The van der Waals surface area contributed by atoms with E-state index >= 15 is 0 Å². The predicted octanol–water partition coefficient (Wildman–Crippen LogP) is 2.60. The molecule has 4 rings (SSSR count). The Bertz CT molecular complexity index is 991. The third-order valence-corrected chi connectivity index (χ3v) is 4.41. The smallest absolute Gasteiger partial charge is 0.255 e. The molecule has 1 aliphatic rings. The molecule has 1 aromatic heterocycles. The minimum Gasteiger partial charge on any atom is -0.349 e. The number of aryl methyl sites for hydroxylation is 1. The summed E-state index contributed by atoms with van der Waals surface area (Å²) in [6.07, 6.45) is 2.03. The summed E-state index contributed by atoms with van der Waals surface area (Å²) in [6.45, 7) is 2.70. The van der Waals surface area contributed by atoms with Gasteiger partial charge in [0, 0.05) is 18.2 Å². The van der Waals surface area contributed by atoms with Crippen molar-refractivity contribution in [3.05, 3.63) is 53.6 Å². The fraction of sp³-hybridized carbons (Fsp3) is 0.263. The zero-order chi connectivity index (χ0) is 18.1. The summed E-state index contributed by atoms with van der Waals surface area (Å²) in [5, 5.41) is 13.9. The molecule has 1 fully saturated rings. The monoisotopic (exact) mass is 349 g/mol. The molecule has 2 N–H and O–H groups in total. The van der Waals surface area contributed by atoms with Gasteiger partial charge in [-0.05, 0) is 50.1 Å². The largest absolute Gasteiger partial charge is 0.349 e. The van der Waals surface area contributed by atoms with Crippen LogP contribution >= 0.6 is 0 Å². The number of aromatic nitrogens is 3. The lowest BCUT2D eigenvalue weighted by molar-refractivity contribution is 0.0952. The van der Waals surface area contributed by atoms with Gasteiger partial charge in [0.15, 0.2) is 0 Å². The average molecular weight is 349 g/mol. The van der Waals surface area contributed by atoms with Crippen molar-refractivity contribution in [3.8, 4) is 0 Å². The molecule has 3 aromatic rings. The topological polar surface area (TPSA) is 88.9 Å². The van der Waals surface area contributed by atoms with Crippen molar-refractivity contribution in [1.29, 1.82) is 0 Å². The first kappa shape index (κ1) is 16.3. The highest BCUT2D eigenvalue weighted by Gasteiger charge is 2.25. The molecule has 0 aliphatic heterocycles. The molecule has 7 nitrogen and oxygen atoms in total. The second-order valence-corrected chi connectivity index (χ2v) is 6.36. The Kier molecular flexibility index (Phi) is 4.12. The Morgan fingerprint density at radius 2 is 1.96 bits per heavy atom. The quantitative estimate of drug-likeness (QED) is 0.741. The highest BCUT2D eigenvalue weighted by molar-refractivity contribution is 6.10. The third-order valence-electron chi connectivity index (χ3n) is 4.41. The maximum Gasteiger partial charge on any atom is 0.255 e. The van der Waals surface area contributed by atoms with Gasteiger partial charge in [0.2, 0.25) is 0 Å². The van der Waals surface area contributed by atoms with E-state index in [2.05, 4.69) is 20.9 Å². The van der Waals surface area contributed by atoms with Crippen molar-refractivity contribution in [2.24, 2.45) is 0 Å². The lowest BCUT2D eigenvalue weighted by Gasteiger charge is -2.11. The predicted molar refractivity (Wildman–Crippen MR) is 98.1 cm³/mol. The summed E-state index contributed by atoms with van der Waals surface area (Å²) in [7, 11) is 0. The molecule has 2 aromatic carbocycles. The lowest BCUT2D eigenvalue weighted by atomic mass is 10.1. The highest BCUT2D eigenvalue weighted by Crippen LogP contribution is 2.22. The fourth-order valence-corrected chi connectivity index (χ4v) is 2.82. The number of hydrogen-bond acceptors (Lipinski definition) is 4. The van der Waals surface area contributed by atoms with Gasteiger partial charge >= 0.3 is 0 Å². The van der Waals surface area contributed by atoms with Gasteiger partial charge in [-0.3, -0.25) is 9.59 Å². The first-order valence-electron chi connectivity index (χ1n) is 8.70. The van der Waals surface area contributed by atoms with Crippen molar-refractivity contribution in [3.63, 3.8) is 0 Å². The molecule has 1 heterocycles. The number of carbonyl (C=O) groups is 2. The third kappa shape index (κ3) is 3.15. The Balaban J connectivity index is 1.57. The van der Waals surface area contributed by atoms with Crippen molar-refractivity contribution in [1.82, 2.24) is 20.3 Å². The maximum atomic E-state index is 12.6. The summed E-state index contributed by atoms with van der Waals surface area (Å²) in [4.78, 5) is 25.0. The van der Waals surface area contributed by atoms with E-state index in [4.69, 9.17) is 0 Å². The molecule has 1 aliphatic carbocycles. The van der Waals surface area contributed by atoms with Crippen LogP contribution in [-0.2, 0) is 6.54 Å². The molecular weight excluding hydrogens is 330 g/mol. The van der Waals surface area contributed by atoms with E-state index in [1.807, 2.05) is 13.0 Å². The molecule has 0 saturated heterocycles. The number of fused-ring (bicyclic) bond motifs is 1. The molecular formula is C19H19N5O2. The highest BCUT2D eigenvalue weighted by atomic mass is 16.2. The summed E-state index contributed by atoms with van der Waals surface area (Å²) < 4.78 is 1.77. The Labute approximate surface area is 150 Å². The molecule has 0 bridgehead atoms. The first-order chi connectivity index (χ1) is 12.7. The van der Waals surface area contributed by atoms with E-state index in [1.165, 1.54) is 0 Å². The summed E-state index contributed by atoms with van der Waals surface area (Å²) in [5.41, 5.74) is 2.98. The Hall–Kier alpha value is -3.22. The summed E-state index contributed by atoms with van der Waals surface area (Å²) >= 11 is 0. The molecule has 0 unspecified atom stereocenters. The molecule has 0 radical (unpaired) electrons. The fourth-order valence-electron chi connectivity index (χ4n) is 2.82. The number of nitrogens with zero attached hydrogens (tertiary/aromatic N) is 3. The van der Waals surface area contributed by atoms with Crippen molar-refractivity contribution >= 4 is 28.5 Å². The van der Waals surface area contributed by atoms with Gasteiger partial charge in [0.05, 0.1) is 16.8 Å². The number of amides is 2. The number of hydrogen-bond donors (Lipinski definition) is 2. The number of para-hydroxylation sites is 1. The number of anilines is 1. The van der Waals surface area contributed by atoms with Crippen LogP contribution in [0.25, 0.3) is 11.0 Å². The van der Waals surface area contributed by atoms with E-state index in [9.17, 15) is 9.59 Å². The van der Waals surface area contributed by atoms with Crippen molar-refractivity contribution in [2.45, 2.75) is 32.4 Å². The summed E-state index contributed by atoms with van der Waals surface area (Å²) in [5.74, 6) is -0.450. The SMILES string of the molecule is CCn1nnc2cc(C(=O)Nc3ccccc3C(=O)NC3CC3)ccc21. The van der Waals surface area contributed by atoms with Crippen LogP contribution < -0.4 is 10.6 Å². The maximum absolute atomic E-state index is 12.6. The van der Waals surface area contributed by atoms with Gasteiger partial charge in [0.1, 0.15) is 5.52 Å². The van der Waals surface area contributed by atoms with Crippen LogP contribution in [0.4, 0.5) is 5.69 Å². The second-order valence-electron chi connectivity index (χ2n) is 6.36. The van der Waals surface area contributed by atoms with Crippen LogP contribution in [0.15, 0.2) is 42.5 Å². The van der Waals surface area contributed by atoms with Crippen molar-refractivity contribution in [2.75, 3.05) is 5.32 Å². The number of carbonyl (C=O) groups excluding carboxylic acids is 2. The molecule has 0 spiro atoms. The van der Waals surface area contributed by atoms with Crippen LogP contribution in [0.2, 0.25) is 0 Å². The Morgan fingerprint density at radius 1 is 1.15 bits per heavy atom. The van der Waals surface area contributed by atoms with E-state index in [0.717, 1.165) is 18.4 Å². The van der Waals surface area contributed by atoms with Crippen LogP contribution in [0.3, 0.4) is 0 Å². The van der Waals surface area contributed by atoms with Crippen LogP contribution in [-0.4, -0.2) is 32.9 Å². The van der Waals surface area contributed by atoms with E-state index < -0.39 is 0 Å². The lowest BCUT2D eigenvalue weighted by Crippen LogP contribution is -2.27.